The number of carbonyl (C=O) groups is 1. The lowest BCUT2D eigenvalue weighted by Gasteiger charge is -2.21. The van der Waals surface area contributed by atoms with Gasteiger partial charge in [0.2, 0.25) is 5.91 Å². The Hall–Kier alpha value is -1.79. The second-order valence-electron chi connectivity index (χ2n) is 6.82. The number of benzene rings is 1. The number of halogens is 1. The van der Waals surface area contributed by atoms with Gasteiger partial charge in [-0.25, -0.2) is 0 Å². The number of nitrogens with one attached hydrogen (secondary N) is 1. The molecule has 1 aliphatic rings. The summed E-state index contributed by atoms with van der Waals surface area (Å²) in [6.07, 6.45) is 9.30. The summed E-state index contributed by atoms with van der Waals surface area (Å²) in [6.45, 7) is 4.50. The van der Waals surface area contributed by atoms with E-state index in [-0.39, 0.29) is 11.7 Å². The summed E-state index contributed by atoms with van der Waals surface area (Å²) >= 11 is 7.48. The number of hydrogen-bond acceptors (Lipinski definition) is 4. The highest BCUT2D eigenvalue weighted by Gasteiger charge is 2.19. The van der Waals surface area contributed by atoms with Crippen molar-refractivity contribution in [2.45, 2.75) is 50.2 Å². The van der Waals surface area contributed by atoms with Crippen molar-refractivity contribution in [3.8, 4) is 0 Å². The number of hydrogen-bond donors (Lipinski definition) is 1. The highest BCUT2D eigenvalue weighted by Crippen LogP contribution is 2.28. The van der Waals surface area contributed by atoms with Crippen molar-refractivity contribution in [3.05, 3.63) is 47.8 Å². The summed E-state index contributed by atoms with van der Waals surface area (Å²) in [5, 5.41) is 12.8. The van der Waals surface area contributed by atoms with Gasteiger partial charge in [0, 0.05) is 13.0 Å². The molecule has 3 rings (SSSR count). The fourth-order valence-corrected chi connectivity index (χ4v) is 4.37. The van der Waals surface area contributed by atoms with Crippen LogP contribution in [-0.2, 0) is 17.8 Å². The molecule has 1 fully saturated rings. The molecule has 144 valence electrons. The van der Waals surface area contributed by atoms with Gasteiger partial charge >= 0.3 is 0 Å². The quantitative estimate of drug-likeness (QED) is 0.498. The lowest BCUT2D eigenvalue weighted by atomic mass is 9.87. The van der Waals surface area contributed by atoms with Gasteiger partial charge in [-0.15, -0.1) is 16.8 Å². The second kappa shape index (κ2) is 9.95. The molecule has 5 nitrogen and oxygen atoms in total. The van der Waals surface area contributed by atoms with Crippen molar-refractivity contribution in [1.82, 2.24) is 14.8 Å². The highest BCUT2D eigenvalue weighted by molar-refractivity contribution is 7.99. The average Bonchev–Trinajstić information content (AvgIpc) is 3.05. The minimum absolute atomic E-state index is 0.116. The van der Waals surface area contributed by atoms with E-state index >= 15 is 0 Å². The maximum Gasteiger partial charge on any atom is 0.234 e. The third kappa shape index (κ3) is 5.59. The van der Waals surface area contributed by atoms with Crippen molar-refractivity contribution in [1.29, 1.82) is 0 Å². The van der Waals surface area contributed by atoms with Crippen molar-refractivity contribution in [3.63, 3.8) is 0 Å². The number of amides is 1. The van der Waals surface area contributed by atoms with E-state index in [0.29, 0.717) is 23.2 Å². The first-order chi connectivity index (χ1) is 13.2. The molecule has 1 aromatic heterocycles. The van der Waals surface area contributed by atoms with Gasteiger partial charge in [0.1, 0.15) is 5.82 Å². The number of anilines is 1. The first kappa shape index (κ1) is 20.0. The number of thioether (sulfide) groups is 1. The molecule has 1 heterocycles. The van der Waals surface area contributed by atoms with E-state index < -0.39 is 0 Å². The molecule has 7 heteroatoms. The minimum Gasteiger partial charge on any atom is -0.324 e. The molecule has 0 atom stereocenters. The Morgan fingerprint density at radius 3 is 2.81 bits per heavy atom. The Bertz CT molecular complexity index is 786. The van der Waals surface area contributed by atoms with Gasteiger partial charge in [-0.3, -0.25) is 4.79 Å². The van der Waals surface area contributed by atoms with Crippen LogP contribution in [0.15, 0.2) is 42.1 Å². The molecule has 0 bridgehead atoms. The molecule has 27 heavy (non-hydrogen) atoms. The molecular weight excluding hydrogens is 380 g/mol. The molecular formula is C20H25ClN4OS. The van der Waals surface area contributed by atoms with Crippen molar-refractivity contribution < 1.29 is 4.79 Å². The summed E-state index contributed by atoms with van der Waals surface area (Å²) in [6, 6.07) is 7.21. The topological polar surface area (TPSA) is 59.8 Å². The van der Waals surface area contributed by atoms with Gasteiger partial charge in [0.25, 0.3) is 0 Å². The maximum atomic E-state index is 12.3. The predicted molar refractivity (Wildman–Crippen MR) is 111 cm³/mol. The molecule has 0 spiro atoms. The summed E-state index contributed by atoms with van der Waals surface area (Å²) in [5.74, 6) is 1.82. The normalized spacial score (nSPS) is 14.9. The summed E-state index contributed by atoms with van der Waals surface area (Å²) < 4.78 is 2.08. The van der Waals surface area contributed by atoms with Gasteiger partial charge in [0.15, 0.2) is 5.16 Å². The minimum atomic E-state index is -0.116. The number of carbonyl (C=O) groups excluding carboxylic acids is 1. The van der Waals surface area contributed by atoms with Gasteiger partial charge in [-0.1, -0.05) is 73.7 Å². The summed E-state index contributed by atoms with van der Waals surface area (Å²) in [5.41, 5.74) is 0.621. The first-order valence-electron chi connectivity index (χ1n) is 9.37. The molecule has 0 radical (unpaired) electrons. The standard InChI is InChI=1S/C20H25ClN4OS/c1-2-12-25-18(13-15-8-4-3-5-9-15)23-24-20(25)27-14-19(26)22-17-11-7-6-10-16(17)21/h2,6-7,10-11,15H,1,3-5,8-9,12-14H2,(H,22,26). The SMILES string of the molecule is C=CCn1c(CC2CCCCC2)nnc1SCC(=O)Nc1ccccc1Cl. The monoisotopic (exact) mass is 404 g/mol. The van der Waals surface area contributed by atoms with E-state index in [1.807, 2.05) is 18.2 Å². The lowest BCUT2D eigenvalue weighted by molar-refractivity contribution is -0.113. The fraction of sp³-hybridized carbons (Fsp3) is 0.450. The van der Waals surface area contributed by atoms with Crippen LogP contribution in [0.25, 0.3) is 0 Å². The zero-order chi connectivity index (χ0) is 19.1. The van der Waals surface area contributed by atoms with Crippen LogP contribution in [0.4, 0.5) is 5.69 Å². The Balaban J connectivity index is 1.61. The van der Waals surface area contributed by atoms with E-state index in [1.54, 1.807) is 12.1 Å². The third-order valence-corrected chi connectivity index (χ3v) is 6.08. The summed E-state index contributed by atoms with van der Waals surface area (Å²) in [7, 11) is 0. The number of rotatable bonds is 8. The van der Waals surface area contributed by atoms with Gasteiger partial charge in [-0.2, -0.15) is 0 Å². The summed E-state index contributed by atoms with van der Waals surface area (Å²) in [4.78, 5) is 12.3. The lowest BCUT2D eigenvalue weighted by Crippen LogP contribution is -2.16. The smallest absolute Gasteiger partial charge is 0.234 e. The van der Waals surface area contributed by atoms with Crippen LogP contribution in [0, 0.1) is 5.92 Å². The van der Waals surface area contributed by atoms with Crippen LogP contribution in [0.3, 0.4) is 0 Å². The largest absolute Gasteiger partial charge is 0.324 e. The molecule has 1 amide bonds. The molecule has 1 saturated carbocycles. The second-order valence-corrected chi connectivity index (χ2v) is 8.17. The molecule has 1 N–H and O–H groups in total. The zero-order valence-corrected chi connectivity index (χ0v) is 16.9. The molecule has 1 aliphatic carbocycles. The van der Waals surface area contributed by atoms with Gasteiger partial charge in [-0.05, 0) is 18.1 Å². The van der Waals surface area contributed by atoms with Crippen LogP contribution in [-0.4, -0.2) is 26.4 Å². The highest BCUT2D eigenvalue weighted by atomic mass is 35.5. The molecule has 1 aromatic carbocycles. The van der Waals surface area contributed by atoms with Crippen molar-refractivity contribution in [2.75, 3.05) is 11.1 Å². The Kier molecular flexibility index (Phi) is 7.35. The number of aromatic nitrogens is 3. The molecule has 0 aliphatic heterocycles. The Morgan fingerprint density at radius 2 is 2.07 bits per heavy atom. The van der Waals surface area contributed by atoms with E-state index in [9.17, 15) is 4.79 Å². The van der Waals surface area contributed by atoms with Crippen LogP contribution >= 0.6 is 23.4 Å². The number of allylic oxidation sites excluding steroid dienone is 1. The van der Waals surface area contributed by atoms with E-state index in [1.165, 1.54) is 43.9 Å². The third-order valence-electron chi connectivity index (χ3n) is 4.78. The molecule has 2 aromatic rings. The molecule has 0 unspecified atom stereocenters. The average molecular weight is 405 g/mol. The van der Waals surface area contributed by atoms with Crippen LogP contribution in [0.1, 0.15) is 37.9 Å². The Morgan fingerprint density at radius 1 is 1.30 bits per heavy atom. The maximum absolute atomic E-state index is 12.3. The van der Waals surface area contributed by atoms with Crippen LogP contribution in [0.5, 0.6) is 0 Å². The first-order valence-corrected chi connectivity index (χ1v) is 10.7. The molecule has 0 saturated heterocycles. The fourth-order valence-electron chi connectivity index (χ4n) is 3.42. The van der Waals surface area contributed by atoms with Crippen molar-refractivity contribution in [2.24, 2.45) is 5.92 Å². The van der Waals surface area contributed by atoms with E-state index in [0.717, 1.165) is 17.4 Å². The van der Waals surface area contributed by atoms with Crippen LogP contribution in [0.2, 0.25) is 5.02 Å². The number of nitrogens with zero attached hydrogens (tertiary/aromatic N) is 3. The Labute approximate surface area is 169 Å². The van der Waals surface area contributed by atoms with Crippen molar-refractivity contribution >= 4 is 35.0 Å². The van der Waals surface area contributed by atoms with Gasteiger partial charge < -0.3 is 9.88 Å². The zero-order valence-electron chi connectivity index (χ0n) is 15.4. The van der Waals surface area contributed by atoms with Crippen LogP contribution < -0.4 is 5.32 Å². The predicted octanol–water partition coefficient (Wildman–Crippen LogP) is 4.97. The van der Waals surface area contributed by atoms with E-state index in [4.69, 9.17) is 11.6 Å². The van der Waals surface area contributed by atoms with E-state index in [2.05, 4.69) is 26.7 Å². The number of para-hydroxylation sites is 1. The van der Waals surface area contributed by atoms with Gasteiger partial charge in [0.05, 0.1) is 16.5 Å².